The average Bonchev–Trinajstić information content (AvgIpc) is 2.84. The minimum Gasteiger partial charge on any atom is -0.493 e. The van der Waals surface area contributed by atoms with Gasteiger partial charge >= 0.3 is 0 Å². The van der Waals surface area contributed by atoms with Gasteiger partial charge in [-0.25, -0.2) is 0 Å². The number of benzene rings is 1. The zero-order valence-corrected chi connectivity index (χ0v) is 13.8. The molecule has 2 nitrogen and oxygen atoms in total. The summed E-state index contributed by atoms with van der Waals surface area (Å²) < 4.78 is 6.93. The highest BCUT2D eigenvalue weighted by atomic mass is 79.9. The maximum Gasteiger partial charge on any atom is 0.127 e. The van der Waals surface area contributed by atoms with Crippen LogP contribution < -0.4 is 4.74 Å². The molecular weight excluding hydrogens is 326 g/mol. The van der Waals surface area contributed by atoms with Gasteiger partial charge in [-0.3, -0.25) is 4.90 Å². The zero-order valence-electron chi connectivity index (χ0n) is 11.4. The molecule has 0 amide bonds. The summed E-state index contributed by atoms with van der Waals surface area (Å²) in [5.74, 6) is 1.78. The Morgan fingerprint density at radius 2 is 2.21 bits per heavy atom. The number of fused-ring (bicyclic) bond motifs is 1. The first kappa shape index (κ1) is 15.1. The maximum absolute atomic E-state index is 5.91. The Labute approximate surface area is 129 Å². The fraction of sp³-hybridized carbons (Fsp3) is 0.600. The topological polar surface area (TPSA) is 12.5 Å². The minimum absolute atomic E-state index is 0.681. The number of ether oxygens (including phenoxy) is 1. The number of halogens is 2. The van der Waals surface area contributed by atoms with Gasteiger partial charge in [-0.05, 0) is 30.7 Å². The van der Waals surface area contributed by atoms with E-state index in [1.165, 1.54) is 24.0 Å². The molecule has 0 bridgehead atoms. The Morgan fingerprint density at radius 3 is 2.95 bits per heavy atom. The third kappa shape index (κ3) is 4.11. The van der Waals surface area contributed by atoms with Gasteiger partial charge in [-0.15, -0.1) is 11.6 Å². The van der Waals surface area contributed by atoms with Crippen LogP contribution in [0, 0.1) is 0 Å². The smallest absolute Gasteiger partial charge is 0.127 e. The number of hydrogen-bond acceptors (Lipinski definition) is 2. The standard InChI is InChI=1S/C15H21BrClNO/c1-2-3-6-18(7-5-17)11-13-10-14(16)9-12-4-8-19-15(12)13/h9-10H,2-8,11H2,1H3. The second-order valence-corrected chi connectivity index (χ2v) is 6.26. The highest BCUT2D eigenvalue weighted by Crippen LogP contribution is 2.33. The van der Waals surface area contributed by atoms with Crippen LogP contribution in [0.4, 0.5) is 0 Å². The number of alkyl halides is 1. The van der Waals surface area contributed by atoms with Crippen molar-refractivity contribution in [3.8, 4) is 5.75 Å². The van der Waals surface area contributed by atoms with Crippen LogP contribution in [-0.2, 0) is 13.0 Å². The average molecular weight is 347 g/mol. The van der Waals surface area contributed by atoms with Crippen LogP contribution in [0.1, 0.15) is 30.9 Å². The van der Waals surface area contributed by atoms with Crippen LogP contribution >= 0.6 is 27.5 Å². The van der Waals surface area contributed by atoms with Crippen molar-refractivity contribution in [3.05, 3.63) is 27.7 Å². The summed E-state index contributed by atoms with van der Waals surface area (Å²) in [7, 11) is 0. The SMILES string of the molecule is CCCCN(CCCl)Cc1cc(Br)cc2c1OCC2. The van der Waals surface area contributed by atoms with Crippen LogP contribution in [0.5, 0.6) is 5.75 Å². The second kappa shape index (κ2) is 7.51. The molecule has 0 unspecified atom stereocenters. The molecule has 0 spiro atoms. The Hall–Kier alpha value is -0.250. The van der Waals surface area contributed by atoms with Crippen molar-refractivity contribution in [2.24, 2.45) is 0 Å². The molecule has 0 aliphatic carbocycles. The van der Waals surface area contributed by atoms with Gasteiger partial charge in [0.1, 0.15) is 5.75 Å². The molecule has 0 fully saturated rings. The van der Waals surface area contributed by atoms with Gasteiger partial charge < -0.3 is 4.74 Å². The van der Waals surface area contributed by atoms with E-state index >= 15 is 0 Å². The van der Waals surface area contributed by atoms with Gasteiger partial charge in [0.15, 0.2) is 0 Å². The van der Waals surface area contributed by atoms with Crippen LogP contribution in [0.2, 0.25) is 0 Å². The lowest BCUT2D eigenvalue weighted by Gasteiger charge is -2.22. The highest BCUT2D eigenvalue weighted by molar-refractivity contribution is 9.10. The van der Waals surface area contributed by atoms with Crippen LogP contribution in [-0.4, -0.2) is 30.5 Å². The summed E-state index contributed by atoms with van der Waals surface area (Å²) in [5.41, 5.74) is 2.61. The largest absolute Gasteiger partial charge is 0.493 e. The van der Waals surface area contributed by atoms with E-state index < -0.39 is 0 Å². The third-order valence-corrected chi connectivity index (χ3v) is 4.07. The van der Waals surface area contributed by atoms with E-state index in [2.05, 4.69) is 39.9 Å². The van der Waals surface area contributed by atoms with Crippen LogP contribution in [0.15, 0.2) is 16.6 Å². The van der Waals surface area contributed by atoms with Crippen LogP contribution in [0.3, 0.4) is 0 Å². The van der Waals surface area contributed by atoms with E-state index in [-0.39, 0.29) is 0 Å². The molecule has 19 heavy (non-hydrogen) atoms. The van der Waals surface area contributed by atoms with Crippen molar-refractivity contribution in [2.75, 3.05) is 25.6 Å². The number of rotatable bonds is 7. The fourth-order valence-corrected chi connectivity index (χ4v) is 3.27. The van der Waals surface area contributed by atoms with Gasteiger partial charge in [-0.1, -0.05) is 29.3 Å². The van der Waals surface area contributed by atoms with E-state index in [1.54, 1.807) is 0 Å². The van der Waals surface area contributed by atoms with Crippen molar-refractivity contribution >= 4 is 27.5 Å². The van der Waals surface area contributed by atoms with Crippen molar-refractivity contribution in [2.45, 2.75) is 32.7 Å². The van der Waals surface area contributed by atoms with Gasteiger partial charge in [-0.2, -0.15) is 0 Å². The maximum atomic E-state index is 5.91. The molecule has 0 saturated heterocycles. The Morgan fingerprint density at radius 1 is 1.37 bits per heavy atom. The molecule has 1 aliphatic rings. The molecule has 4 heteroatoms. The fourth-order valence-electron chi connectivity index (χ4n) is 2.48. The van der Waals surface area contributed by atoms with Crippen molar-refractivity contribution in [1.29, 1.82) is 0 Å². The number of unbranched alkanes of at least 4 members (excludes halogenated alkanes) is 1. The monoisotopic (exact) mass is 345 g/mol. The summed E-state index contributed by atoms with van der Waals surface area (Å²) >= 11 is 9.50. The lowest BCUT2D eigenvalue weighted by molar-refractivity contribution is 0.270. The number of nitrogens with zero attached hydrogens (tertiary/aromatic N) is 1. The zero-order chi connectivity index (χ0) is 13.7. The summed E-state index contributed by atoms with van der Waals surface area (Å²) in [4.78, 5) is 2.42. The molecule has 1 aromatic rings. The first-order chi connectivity index (χ1) is 9.24. The minimum atomic E-state index is 0.681. The molecule has 0 radical (unpaired) electrons. The highest BCUT2D eigenvalue weighted by Gasteiger charge is 2.19. The normalized spacial score (nSPS) is 13.7. The Bertz CT molecular complexity index is 425. The first-order valence-electron chi connectivity index (χ1n) is 6.97. The molecule has 1 heterocycles. The second-order valence-electron chi connectivity index (χ2n) is 4.97. The lowest BCUT2D eigenvalue weighted by atomic mass is 10.1. The van der Waals surface area contributed by atoms with Crippen molar-refractivity contribution < 1.29 is 4.74 Å². The predicted molar refractivity (Wildman–Crippen MR) is 84.2 cm³/mol. The van der Waals surface area contributed by atoms with Gasteiger partial charge in [0.25, 0.3) is 0 Å². The molecule has 0 N–H and O–H groups in total. The Balaban J connectivity index is 2.12. The predicted octanol–water partition coefficient (Wildman–Crippen LogP) is 4.22. The van der Waals surface area contributed by atoms with Crippen molar-refractivity contribution in [3.63, 3.8) is 0 Å². The van der Waals surface area contributed by atoms with Gasteiger partial charge in [0.05, 0.1) is 6.61 Å². The quantitative estimate of drug-likeness (QED) is 0.685. The van der Waals surface area contributed by atoms with E-state index in [0.717, 1.165) is 42.9 Å². The molecule has 0 saturated carbocycles. The molecule has 2 rings (SSSR count). The molecule has 106 valence electrons. The number of hydrogen-bond donors (Lipinski definition) is 0. The molecule has 0 atom stereocenters. The molecular formula is C15H21BrClNO. The van der Waals surface area contributed by atoms with Gasteiger partial charge in [0.2, 0.25) is 0 Å². The molecule has 1 aromatic carbocycles. The Kier molecular flexibility index (Phi) is 5.99. The summed E-state index contributed by atoms with van der Waals surface area (Å²) in [5, 5.41) is 0. The third-order valence-electron chi connectivity index (χ3n) is 3.45. The van der Waals surface area contributed by atoms with E-state index in [0.29, 0.717) is 5.88 Å². The summed E-state index contributed by atoms with van der Waals surface area (Å²) in [6.07, 6.45) is 3.45. The summed E-state index contributed by atoms with van der Waals surface area (Å²) in [6.45, 7) is 5.99. The summed E-state index contributed by atoms with van der Waals surface area (Å²) in [6, 6.07) is 4.35. The first-order valence-corrected chi connectivity index (χ1v) is 8.29. The lowest BCUT2D eigenvalue weighted by Crippen LogP contribution is -2.26. The van der Waals surface area contributed by atoms with Crippen molar-refractivity contribution in [1.82, 2.24) is 4.90 Å². The molecule has 1 aliphatic heterocycles. The molecule has 0 aromatic heterocycles. The van der Waals surface area contributed by atoms with E-state index in [9.17, 15) is 0 Å². The van der Waals surface area contributed by atoms with Crippen LogP contribution in [0.25, 0.3) is 0 Å². The van der Waals surface area contributed by atoms with Gasteiger partial charge in [0, 0.05) is 35.4 Å². The van der Waals surface area contributed by atoms with E-state index in [4.69, 9.17) is 16.3 Å². The van der Waals surface area contributed by atoms with E-state index in [1.807, 2.05) is 0 Å².